The summed E-state index contributed by atoms with van der Waals surface area (Å²) in [5, 5.41) is 27.9. The van der Waals surface area contributed by atoms with E-state index in [0.717, 1.165) is 54.7 Å². The number of nitrogens with one attached hydrogen (secondary N) is 3. The number of H-pyrrole nitrogens is 1. The molecule has 3 atom stereocenters. The summed E-state index contributed by atoms with van der Waals surface area (Å²) in [5.41, 5.74) is 4.89. The van der Waals surface area contributed by atoms with Gasteiger partial charge in [-0.25, -0.2) is 9.59 Å². The second-order valence-electron chi connectivity index (χ2n) is 16.8. The molecule has 6 aromatic rings. The number of phenolic OH excluding ortho intramolecular Hbond substituents is 1. The van der Waals surface area contributed by atoms with E-state index in [1.807, 2.05) is 85.8 Å². The van der Waals surface area contributed by atoms with Crippen LogP contribution in [0.15, 0.2) is 132 Å². The summed E-state index contributed by atoms with van der Waals surface area (Å²) in [6, 6.07) is 37.1. The number of aromatic hydroxyl groups is 1. The summed E-state index contributed by atoms with van der Waals surface area (Å²) in [7, 11) is 0. The number of ether oxygens (including phenoxy) is 3. The van der Waals surface area contributed by atoms with Crippen LogP contribution in [-0.4, -0.2) is 94.9 Å². The fraction of sp³-hybridized carbons (Fsp3) is 0.308. The first-order valence-electron chi connectivity index (χ1n) is 22.5. The summed E-state index contributed by atoms with van der Waals surface area (Å²) < 4.78 is 17.7. The zero-order valence-corrected chi connectivity index (χ0v) is 36.9. The lowest BCUT2D eigenvalue weighted by Gasteiger charge is -2.43. The molecule has 2 bridgehead atoms. The number of aliphatic hydroxyl groups excluding tert-OH is 1. The average molecular weight is 894 g/mol. The monoisotopic (exact) mass is 893 g/mol. The number of esters is 1. The first-order valence-corrected chi connectivity index (χ1v) is 22.5. The molecule has 3 aliphatic rings. The van der Waals surface area contributed by atoms with Crippen molar-refractivity contribution >= 4 is 28.9 Å². The van der Waals surface area contributed by atoms with Crippen LogP contribution in [0.25, 0.3) is 10.9 Å². The molecule has 2 unspecified atom stereocenters. The number of phenols is 1. The fourth-order valence-corrected chi connectivity index (χ4v) is 8.72. The van der Waals surface area contributed by atoms with E-state index < -0.39 is 24.2 Å². The SMILES string of the molecule is CCN(CCOC(=O)c1ccc(COc2cccc([C@@H](NC(=O)OC3CN4CCC3CC4)c3ccccc3)c2)cc1)C(=O)c1ccc(CNCC(O)c2ccc(O)c3[nH]c(=O)ccc23)cc1. The van der Waals surface area contributed by atoms with Crippen LogP contribution < -0.4 is 20.9 Å². The maximum Gasteiger partial charge on any atom is 0.408 e. The van der Waals surface area contributed by atoms with Crippen molar-refractivity contribution in [3.63, 3.8) is 0 Å². The van der Waals surface area contributed by atoms with E-state index >= 15 is 0 Å². The van der Waals surface area contributed by atoms with E-state index in [-0.39, 0.29) is 55.1 Å². The third-order valence-electron chi connectivity index (χ3n) is 12.4. The van der Waals surface area contributed by atoms with Gasteiger partial charge < -0.3 is 44.9 Å². The summed E-state index contributed by atoms with van der Waals surface area (Å²) >= 11 is 0. The molecular weight excluding hydrogens is 839 g/mol. The Bertz CT molecular complexity index is 2670. The van der Waals surface area contributed by atoms with Crippen LogP contribution in [0, 0.1) is 5.92 Å². The molecule has 14 heteroatoms. The number of alkyl carbamates (subject to hydrolysis) is 1. The van der Waals surface area contributed by atoms with Gasteiger partial charge in [-0.3, -0.25) is 14.5 Å². The van der Waals surface area contributed by atoms with E-state index in [9.17, 15) is 29.4 Å². The predicted octanol–water partition coefficient (Wildman–Crippen LogP) is 6.86. The average Bonchev–Trinajstić information content (AvgIpc) is 3.35. The van der Waals surface area contributed by atoms with Crippen LogP contribution in [0.2, 0.25) is 0 Å². The molecule has 4 heterocycles. The van der Waals surface area contributed by atoms with Crippen molar-refractivity contribution in [3.05, 3.63) is 177 Å². The fourth-order valence-electron chi connectivity index (χ4n) is 8.72. The Morgan fingerprint density at radius 3 is 2.30 bits per heavy atom. The van der Waals surface area contributed by atoms with Crippen molar-refractivity contribution in [1.82, 2.24) is 25.4 Å². The number of hydrogen-bond donors (Lipinski definition) is 5. The quantitative estimate of drug-likeness (QED) is 0.0569. The van der Waals surface area contributed by atoms with Crippen LogP contribution in [0.5, 0.6) is 11.5 Å². The number of aliphatic hydroxyl groups is 1. The number of likely N-dealkylation sites (N-methyl/N-ethyl adjacent to an activating group) is 1. The van der Waals surface area contributed by atoms with Crippen molar-refractivity contribution in [2.75, 3.05) is 45.9 Å². The van der Waals surface area contributed by atoms with Gasteiger partial charge in [0, 0.05) is 43.2 Å². The van der Waals surface area contributed by atoms with E-state index in [2.05, 4.69) is 20.5 Å². The van der Waals surface area contributed by atoms with Gasteiger partial charge in [-0.1, -0.05) is 72.8 Å². The molecular formula is C52H55N5O9. The van der Waals surface area contributed by atoms with Crippen molar-refractivity contribution < 1.29 is 38.8 Å². The number of rotatable bonds is 18. The maximum absolute atomic E-state index is 13.4. The predicted molar refractivity (Wildman–Crippen MR) is 249 cm³/mol. The molecule has 3 aliphatic heterocycles. The molecule has 0 spiro atoms. The minimum atomic E-state index is -0.898. The van der Waals surface area contributed by atoms with Crippen LogP contribution in [0.1, 0.15) is 80.4 Å². The van der Waals surface area contributed by atoms with E-state index in [4.69, 9.17) is 14.2 Å². The second kappa shape index (κ2) is 21.3. The van der Waals surface area contributed by atoms with Gasteiger partial charge in [0.2, 0.25) is 5.56 Å². The Morgan fingerprint density at radius 2 is 1.58 bits per heavy atom. The Hall–Kier alpha value is -7.00. The van der Waals surface area contributed by atoms with Gasteiger partial charge in [-0.15, -0.1) is 0 Å². The lowest BCUT2D eigenvalue weighted by molar-refractivity contribution is -0.0336. The molecule has 0 aliphatic carbocycles. The normalized spacial score (nSPS) is 17.4. The standard InChI is InChI=1S/C52H55N5O9/c1-2-57(50(61)38-15-11-34(12-16-38)30-53-31-45(59)42-19-21-44(58)49-43(42)20-22-47(60)54-49)27-28-64-51(62)39-17-13-35(14-18-39)33-65-41-10-6-9-40(29-41)48(37-7-4-3-5-8-37)55-52(63)66-46-32-56-25-23-36(46)24-26-56/h3-22,29,36,45-46,48,53,58-59H,2,23-28,30-33H2,1H3,(H,54,60)(H,55,63)/t45?,46?,48-/m0/s1. The number of piperidine rings is 3. The van der Waals surface area contributed by atoms with Gasteiger partial charge >= 0.3 is 12.1 Å². The zero-order chi connectivity index (χ0) is 46.0. The van der Waals surface area contributed by atoms with Crippen molar-refractivity contribution in [2.45, 2.75) is 51.2 Å². The topological polar surface area (TPSA) is 183 Å². The van der Waals surface area contributed by atoms with Crippen molar-refractivity contribution in [1.29, 1.82) is 0 Å². The lowest BCUT2D eigenvalue weighted by atomic mass is 9.86. The molecule has 3 fully saturated rings. The summed E-state index contributed by atoms with van der Waals surface area (Å²) in [5.74, 6) is 0.272. The van der Waals surface area contributed by atoms with Crippen molar-refractivity contribution in [2.24, 2.45) is 5.92 Å². The number of carbonyl (C=O) groups excluding carboxylic acids is 3. The third kappa shape index (κ3) is 11.3. The van der Waals surface area contributed by atoms with Gasteiger partial charge in [0.15, 0.2) is 0 Å². The van der Waals surface area contributed by atoms with Gasteiger partial charge in [-0.2, -0.15) is 0 Å². The van der Waals surface area contributed by atoms with Crippen LogP contribution in [0.3, 0.4) is 0 Å². The molecule has 5 N–H and O–H groups in total. The van der Waals surface area contributed by atoms with E-state index in [1.54, 1.807) is 41.3 Å². The van der Waals surface area contributed by atoms with Crippen molar-refractivity contribution in [3.8, 4) is 11.5 Å². The Kier molecular flexibility index (Phi) is 14.7. The number of nitrogens with zero attached hydrogens (tertiary/aromatic N) is 2. The third-order valence-corrected chi connectivity index (χ3v) is 12.4. The first kappa shape index (κ1) is 45.6. The summed E-state index contributed by atoms with van der Waals surface area (Å²) in [6.07, 6.45) is 0.678. The number of amides is 2. The Labute approximate surface area is 383 Å². The first-order chi connectivity index (χ1) is 32.1. The number of aromatic amines is 1. The zero-order valence-electron chi connectivity index (χ0n) is 36.9. The molecule has 0 radical (unpaired) electrons. The maximum atomic E-state index is 13.4. The summed E-state index contributed by atoms with van der Waals surface area (Å²) in [4.78, 5) is 57.9. The number of carbonyl (C=O) groups is 3. The molecule has 3 saturated heterocycles. The minimum absolute atomic E-state index is 0.0204. The highest BCUT2D eigenvalue weighted by molar-refractivity contribution is 5.94. The Morgan fingerprint density at radius 1 is 0.848 bits per heavy atom. The molecule has 9 rings (SSSR count). The lowest BCUT2D eigenvalue weighted by Crippen LogP contribution is -2.52. The van der Waals surface area contributed by atoms with E-state index in [0.29, 0.717) is 46.8 Å². The van der Waals surface area contributed by atoms with Gasteiger partial charge in [0.05, 0.1) is 29.8 Å². The molecule has 66 heavy (non-hydrogen) atoms. The molecule has 14 nitrogen and oxygen atoms in total. The largest absolute Gasteiger partial charge is 0.506 e. The highest BCUT2D eigenvalue weighted by Gasteiger charge is 2.37. The number of aromatic nitrogens is 1. The highest BCUT2D eigenvalue weighted by atomic mass is 16.6. The second-order valence-corrected chi connectivity index (χ2v) is 16.8. The van der Waals surface area contributed by atoms with Gasteiger partial charge in [0.25, 0.3) is 5.91 Å². The van der Waals surface area contributed by atoms with Crippen LogP contribution >= 0.6 is 0 Å². The molecule has 0 saturated carbocycles. The van der Waals surface area contributed by atoms with Crippen LogP contribution in [-0.2, 0) is 22.6 Å². The van der Waals surface area contributed by atoms with Gasteiger partial charge in [0.1, 0.15) is 30.8 Å². The molecule has 5 aromatic carbocycles. The number of pyridine rings is 1. The summed E-state index contributed by atoms with van der Waals surface area (Å²) in [6.45, 7) is 6.34. The minimum Gasteiger partial charge on any atom is -0.506 e. The van der Waals surface area contributed by atoms with E-state index in [1.165, 1.54) is 12.1 Å². The van der Waals surface area contributed by atoms with Crippen LogP contribution in [0.4, 0.5) is 4.79 Å². The number of fused-ring (bicyclic) bond motifs is 4. The molecule has 1 aromatic heterocycles. The Balaban J connectivity index is 0.782. The smallest absolute Gasteiger partial charge is 0.408 e. The number of benzene rings is 5. The highest BCUT2D eigenvalue weighted by Crippen LogP contribution is 2.32. The number of hydrogen-bond acceptors (Lipinski definition) is 11. The molecule has 2 amide bonds. The molecule has 342 valence electrons. The van der Waals surface area contributed by atoms with Gasteiger partial charge in [-0.05, 0) is 115 Å².